The van der Waals surface area contributed by atoms with Crippen LogP contribution in [-0.2, 0) is 5.75 Å². The molecule has 0 spiro atoms. The second-order valence-corrected chi connectivity index (χ2v) is 6.83. The van der Waals surface area contributed by atoms with E-state index in [1.54, 1.807) is 37.4 Å². The molecule has 3 aromatic heterocycles. The van der Waals surface area contributed by atoms with Crippen molar-refractivity contribution >= 4 is 17.4 Å². The molecule has 0 N–H and O–H groups in total. The maximum absolute atomic E-state index is 13.7. The van der Waals surface area contributed by atoms with Crippen LogP contribution in [0, 0.1) is 5.82 Å². The molecule has 0 fully saturated rings. The molecule has 3 heterocycles. The van der Waals surface area contributed by atoms with Gasteiger partial charge in [-0.25, -0.2) is 9.37 Å². The van der Waals surface area contributed by atoms with Crippen molar-refractivity contribution in [2.45, 2.75) is 24.0 Å². The highest BCUT2D eigenvalue weighted by molar-refractivity contribution is 7.98. The van der Waals surface area contributed by atoms with Gasteiger partial charge in [-0.2, -0.15) is 0 Å². The predicted molar refractivity (Wildman–Crippen MR) is 101 cm³/mol. The molecule has 0 saturated carbocycles. The Morgan fingerprint density at radius 2 is 2.04 bits per heavy atom. The molecule has 28 heavy (non-hydrogen) atoms. The molecule has 0 bridgehead atoms. The number of aromatic nitrogens is 4. The van der Waals surface area contributed by atoms with Crippen LogP contribution in [0.25, 0.3) is 5.65 Å². The fourth-order valence-electron chi connectivity index (χ4n) is 2.54. The third kappa shape index (κ3) is 3.89. The first-order valence-corrected chi connectivity index (χ1v) is 9.43. The summed E-state index contributed by atoms with van der Waals surface area (Å²) in [6.07, 6.45) is 1.06. The monoisotopic (exact) mass is 398 g/mol. The fourth-order valence-corrected chi connectivity index (χ4v) is 3.20. The van der Waals surface area contributed by atoms with Crippen LogP contribution in [0.4, 0.5) is 4.39 Å². The van der Waals surface area contributed by atoms with Gasteiger partial charge in [0.2, 0.25) is 0 Å². The number of fused-ring (bicyclic) bond motifs is 1. The second kappa shape index (κ2) is 7.81. The number of halogens is 1. The lowest BCUT2D eigenvalue weighted by molar-refractivity contribution is 0.174. The number of ether oxygens (including phenoxy) is 1. The van der Waals surface area contributed by atoms with Crippen molar-refractivity contribution in [2.75, 3.05) is 0 Å². The van der Waals surface area contributed by atoms with Gasteiger partial charge in [0, 0.05) is 18.0 Å². The van der Waals surface area contributed by atoms with E-state index in [4.69, 9.17) is 9.15 Å². The van der Waals surface area contributed by atoms with Crippen molar-refractivity contribution in [1.82, 2.24) is 19.6 Å². The Kier molecular flexibility index (Phi) is 5.07. The quantitative estimate of drug-likeness (QED) is 0.459. The Morgan fingerprint density at radius 1 is 1.21 bits per heavy atom. The minimum atomic E-state index is -0.609. The summed E-state index contributed by atoms with van der Waals surface area (Å²) >= 11 is 1.26. The number of pyridine rings is 1. The third-order valence-corrected chi connectivity index (χ3v) is 4.73. The number of nitrogens with zero attached hydrogens (tertiary/aromatic N) is 4. The molecular weight excluding hydrogens is 383 g/mol. The molecule has 0 amide bonds. The first-order valence-electron chi connectivity index (χ1n) is 8.45. The zero-order valence-corrected chi connectivity index (χ0v) is 15.6. The third-order valence-electron chi connectivity index (χ3n) is 3.88. The van der Waals surface area contributed by atoms with Gasteiger partial charge in [-0.3, -0.25) is 9.20 Å². The SMILES string of the molecule is CC(Oc1ccccc1F)c1nnc(SCc2cc(=O)n3ccccc3n2)o1. The highest BCUT2D eigenvalue weighted by Crippen LogP contribution is 2.26. The van der Waals surface area contributed by atoms with Crippen LogP contribution in [0.5, 0.6) is 5.75 Å². The predicted octanol–water partition coefficient (Wildman–Crippen LogP) is 3.65. The van der Waals surface area contributed by atoms with Gasteiger partial charge in [0.15, 0.2) is 17.7 Å². The lowest BCUT2D eigenvalue weighted by atomic mass is 10.3. The van der Waals surface area contributed by atoms with Crippen molar-refractivity contribution < 1.29 is 13.5 Å². The van der Waals surface area contributed by atoms with E-state index in [0.717, 1.165) is 0 Å². The van der Waals surface area contributed by atoms with Crippen LogP contribution >= 0.6 is 11.8 Å². The van der Waals surface area contributed by atoms with Crippen molar-refractivity contribution in [3.63, 3.8) is 0 Å². The molecule has 9 heteroatoms. The summed E-state index contributed by atoms with van der Waals surface area (Å²) in [5, 5.41) is 8.23. The molecule has 142 valence electrons. The molecule has 1 unspecified atom stereocenters. The Labute approximate surface area is 163 Å². The first-order chi connectivity index (χ1) is 13.6. The van der Waals surface area contributed by atoms with E-state index in [9.17, 15) is 9.18 Å². The zero-order chi connectivity index (χ0) is 19.5. The summed E-state index contributed by atoms with van der Waals surface area (Å²) in [4.78, 5) is 16.6. The van der Waals surface area contributed by atoms with E-state index in [-0.39, 0.29) is 17.2 Å². The van der Waals surface area contributed by atoms with Crippen molar-refractivity contribution in [3.05, 3.63) is 82.5 Å². The van der Waals surface area contributed by atoms with Crippen LogP contribution in [0.15, 0.2) is 69.2 Å². The van der Waals surface area contributed by atoms with Crippen molar-refractivity contribution in [2.24, 2.45) is 0 Å². The molecule has 0 aliphatic rings. The average molecular weight is 398 g/mol. The summed E-state index contributed by atoms with van der Waals surface area (Å²) in [5.41, 5.74) is 1.03. The highest BCUT2D eigenvalue weighted by Gasteiger charge is 2.17. The number of rotatable bonds is 6. The van der Waals surface area contributed by atoms with Gasteiger partial charge in [-0.15, -0.1) is 10.2 Å². The van der Waals surface area contributed by atoms with E-state index in [2.05, 4.69) is 15.2 Å². The molecule has 0 aliphatic carbocycles. The molecule has 0 radical (unpaired) electrons. The van der Waals surface area contributed by atoms with Crippen molar-refractivity contribution in [1.29, 1.82) is 0 Å². The minimum Gasteiger partial charge on any atom is -0.478 e. The molecular formula is C19H15FN4O3S. The Morgan fingerprint density at radius 3 is 2.89 bits per heavy atom. The van der Waals surface area contributed by atoms with Crippen LogP contribution in [0.1, 0.15) is 24.6 Å². The number of para-hydroxylation sites is 1. The summed E-state index contributed by atoms with van der Waals surface area (Å²) in [5.74, 6) is 0.280. The normalized spacial score (nSPS) is 12.2. The molecule has 1 aromatic carbocycles. The summed E-state index contributed by atoms with van der Waals surface area (Å²) < 4.78 is 26.3. The Hall–Kier alpha value is -3.20. The smallest absolute Gasteiger partial charge is 0.277 e. The molecule has 0 aliphatic heterocycles. The molecule has 0 saturated heterocycles. The summed E-state index contributed by atoms with van der Waals surface area (Å²) in [6, 6.07) is 12.9. The van der Waals surface area contributed by atoms with E-state index < -0.39 is 11.9 Å². The minimum absolute atomic E-state index is 0.114. The van der Waals surface area contributed by atoms with E-state index in [0.29, 0.717) is 22.3 Å². The standard InChI is InChI=1S/C19H15FN4O3S/c1-12(26-15-7-3-2-6-14(15)20)18-22-23-19(27-18)28-11-13-10-17(25)24-9-5-4-8-16(24)21-13/h2-10,12H,11H2,1H3. The maximum atomic E-state index is 13.7. The van der Waals surface area contributed by atoms with Crippen LogP contribution < -0.4 is 10.3 Å². The fraction of sp³-hybridized carbons (Fsp3) is 0.158. The maximum Gasteiger partial charge on any atom is 0.277 e. The van der Waals surface area contributed by atoms with Gasteiger partial charge < -0.3 is 9.15 Å². The molecule has 7 nitrogen and oxygen atoms in total. The van der Waals surface area contributed by atoms with Gasteiger partial charge in [0.25, 0.3) is 16.7 Å². The first kappa shape index (κ1) is 18.2. The van der Waals surface area contributed by atoms with E-state index in [1.165, 1.54) is 34.4 Å². The van der Waals surface area contributed by atoms with Gasteiger partial charge in [0.05, 0.1) is 5.69 Å². The van der Waals surface area contributed by atoms with E-state index >= 15 is 0 Å². The van der Waals surface area contributed by atoms with Gasteiger partial charge in [-0.05, 0) is 31.2 Å². The summed E-state index contributed by atoms with van der Waals surface area (Å²) in [6.45, 7) is 1.69. The summed E-state index contributed by atoms with van der Waals surface area (Å²) in [7, 11) is 0. The number of thioether (sulfide) groups is 1. The lowest BCUT2D eigenvalue weighted by Crippen LogP contribution is -2.14. The average Bonchev–Trinajstić information content (AvgIpc) is 3.17. The van der Waals surface area contributed by atoms with Gasteiger partial charge in [0.1, 0.15) is 5.65 Å². The van der Waals surface area contributed by atoms with Gasteiger partial charge in [-0.1, -0.05) is 30.0 Å². The van der Waals surface area contributed by atoms with Gasteiger partial charge >= 0.3 is 0 Å². The largest absolute Gasteiger partial charge is 0.478 e. The molecule has 1 atom stereocenters. The highest BCUT2D eigenvalue weighted by atomic mass is 32.2. The molecule has 4 rings (SSSR count). The topological polar surface area (TPSA) is 82.5 Å². The number of hydrogen-bond donors (Lipinski definition) is 0. The lowest BCUT2D eigenvalue weighted by Gasteiger charge is -2.11. The van der Waals surface area contributed by atoms with Crippen LogP contribution in [0.2, 0.25) is 0 Å². The number of benzene rings is 1. The number of hydrogen-bond acceptors (Lipinski definition) is 7. The second-order valence-electron chi connectivity index (χ2n) is 5.90. The van der Waals surface area contributed by atoms with Crippen LogP contribution in [-0.4, -0.2) is 19.6 Å². The Bertz CT molecular complexity index is 1180. The van der Waals surface area contributed by atoms with Crippen molar-refractivity contribution in [3.8, 4) is 5.75 Å². The van der Waals surface area contributed by atoms with E-state index in [1.807, 2.05) is 6.07 Å². The Balaban J connectivity index is 1.44. The van der Waals surface area contributed by atoms with Crippen LogP contribution in [0.3, 0.4) is 0 Å². The molecule has 4 aromatic rings. The zero-order valence-electron chi connectivity index (χ0n) is 14.8.